The minimum atomic E-state index is -0.293. The van der Waals surface area contributed by atoms with Gasteiger partial charge in [0.2, 0.25) is 0 Å². The van der Waals surface area contributed by atoms with Crippen LogP contribution in [0, 0.1) is 29.0 Å². The van der Waals surface area contributed by atoms with Crippen LogP contribution in [0.15, 0.2) is 18.2 Å². The largest absolute Gasteiger partial charge is 0.207 e. The van der Waals surface area contributed by atoms with Crippen molar-refractivity contribution in [2.75, 3.05) is 0 Å². The average molecular weight is 203 g/mol. The first-order chi connectivity index (χ1) is 7.11. The van der Waals surface area contributed by atoms with Crippen LogP contribution in [0.3, 0.4) is 0 Å². The third-order valence-corrected chi connectivity index (χ3v) is 3.17. The first-order valence-corrected chi connectivity index (χ1v) is 5.32. The Bertz CT molecular complexity index is 417. The topological polar surface area (TPSA) is 23.8 Å². The summed E-state index contributed by atoms with van der Waals surface area (Å²) in [6, 6.07) is 6.66. The van der Waals surface area contributed by atoms with Crippen molar-refractivity contribution in [3.63, 3.8) is 0 Å². The number of rotatable bonds is 2. The van der Waals surface area contributed by atoms with Crippen molar-refractivity contribution < 1.29 is 4.39 Å². The summed E-state index contributed by atoms with van der Waals surface area (Å²) in [6.45, 7) is 4.38. The molecular formula is C13H14FN. The Morgan fingerprint density at radius 2 is 2.13 bits per heavy atom. The molecule has 0 aromatic heterocycles. The van der Waals surface area contributed by atoms with Gasteiger partial charge in [-0.3, -0.25) is 0 Å². The van der Waals surface area contributed by atoms with Gasteiger partial charge in [0, 0.05) is 0 Å². The van der Waals surface area contributed by atoms with E-state index in [0.29, 0.717) is 23.3 Å². The number of halogens is 1. The van der Waals surface area contributed by atoms with Crippen LogP contribution in [0.5, 0.6) is 0 Å². The number of hydrogen-bond acceptors (Lipinski definition) is 1. The zero-order valence-corrected chi connectivity index (χ0v) is 9.00. The van der Waals surface area contributed by atoms with E-state index in [4.69, 9.17) is 5.26 Å². The van der Waals surface area contributed by atoms with Crippen LogP contribution in [-0.2, 0) is 0 Å². The highest BCUT2D eigenvalue weighted by Gasteiger charge is 2.40. The Morgan fingerprint density at radius 1 is 1.40 bits per heavy atom. The molecule has 1 aliphatic rings. The maximum atomic E-state index is 13.2. The van der Waals surface area contributed by atoms with E-state index in [9.17, 15) is 4.39 Å². The van der Waals surface area contributed by atoms with E-state index >= 15 is 0 Å². The average Bonchev–Trinajstić information content (AvgIpc) is 2.96. The molecule has 0 spiro atoms. The van der Waals surface area contributed by atoms with Crippen molar-refractivity contribution >= 4 is 0 Å². The number of hydrogen-bond donors (Lipinski definition) is 0. The lowest BCUT2D eigenvalue weighted by molar-refractivity contribution is 0.547. The summed E-state index contributed by atoms with van der Waals surface area (Å²) in [5, 5.41) is 8.75. The van der Waals surface area contributed by atoms with Crippen LogP contribution >= 0.6 is 0 Å². The van der Waals surface area contributed by atoms with Crippen LogP contribution in [-0.4, -0.2) is 0 Å². The van der Waals surface area contributed by atoms with E-state index in [1.165, 1.54) is 6.07 Å². The number of nitriles is 1. The highest BCUT2D eigenvalue weighted by atomic mass is 19.1. The first-order valence-electron chi connectivity index (χ1n) is 5.32. The van der Waals surface area contributed by atoms with Gasteiger partial charge in [-0.2, -0.15) is 5.26 Å². The van der Waals surface area contributed by atoms with Crippen molar-refractivity contribution in [3.8, 4) is 6.07 Å². The summed E-state index contributed by atoms with van der Waals surface area (Å²) in [5.74, 6) is 1.48. The SMILES string of the molecule is CC(C)[C@H]1C[C@@H]1c1cc(F)cc(C#N)c1. The second-order valence-corrected chi connectivity index (χ2v) is 4.64. The molecule has 1 aromatic carbocycles. The zero-order chi connectivity index (χ0) is 11.0. The predicted molar refractivity (Wildman–Crippen MR) is 56.8 cm³/mol. The molecule has 1 aromatic rings. The molecule has 1 fully saturated rings. The van der Waals surface area contributed by atoms with E-state index in [1.807, 2.05) is 12.1 Å². The lowest BCUT2D eigenvalue weighted by Gasteiger charge is -2.04. The minimum absolute atomic E-state index is 0.293. The van der Waals surface area contributed by atoms with Crippen LogP contribution < -0.4 is 0 Å². The van der Waals surface area contributed by atoms with Gasteiger partial charge in [0.1, 0.15) is 5.82 Å². The van der Waals surface area contributed by atoms with Crippen LogP contribution in [0.2, 0.25) is 0 Å². The van der Waals surface area contributed by atoms with Crippen molar-refractivity contribution in [1.82, 2.24) is 0 Å². The molecular weight excluding hydrogens is 189 g/mol. The molecule has 0 amide bonds. The molecule has 2 atom stereocenters. The standard InChI is InChI=1S/C13H14FN/c1-8(2)12-6-13(12)10-3-9(7-15)4-11(14)5-10/h3-5,8,12-13H,6H2,1-2H3/t12-,13-/m1/s1. The molecule has 0 unspecified atom stereocenters. The molecule has 0 radical (unpaired) electrons. The van der Waals surface area contributed by atoms with E-state index in [1.54, 1.807) is 6.07 Å². The van der Waals surface area contributed by atoms with Crippen molar-refractivity contribution in [2.45, 2.75) is 26.2 Å². The van der Waals surface area contributed by atoms with Crippen molar-refractivity contribution in [2.24, 2.45) is 11.8 Å². The normalized spacial score (nSPS) is 23.9. The van der Waals surface area contributed by atoms with E-state index in [2.05, 4.69) is 13.8 Å². The first kappa shape index (κ1) is 10.2. The van der Waals surface area contributed by atoms with Gasteiger partial charge in [-0.15, -0.1) is 0 Å². The summed E-state index contributed by atoms with van der Waals surface area (Å²) in [7, 11) is 0. The van der Waals surface area contributed by atoms with Gasteiger partial charge < -0.3 is 0 Å². The molecule has 0 N–H and O–H groups in total. The summed E-state index contributed by atoms with van der Waals surface area (Å²) >= 11 is 0. The van der Waals surface area contributed by atoms with Gasteiger partial charge >= 0.3 is 0 Å². The van der Waals surface area contributed by atoms with Crippen molar-refractivity contribution in [1.29, 1.82) is 5.26 Å². The summed E-state index contributed by atoms with van der Waals surface area (Å²) in [5.41, 5.74) is 1.42. The van der Waals surface area contributed by atoms with Gasteiger partial charge in [-0.1, -0.05) is 13.8 Å². The van der Waals surface area contributed by atoms with Gasteiger partial charge in [0.15, 0.2) is 0 Å². The maximum Gasteiger partial charge on any atom is 0.124 e. The lowest BCUT2D eigenvalue weighted by Crippen LogP contribution is -1.93. The molecule has 2 heteroatoms. The summed E-state index contributed by atoms with van der Waals surface area (Å²) in [4.78, 5) is 0. The molecule has 2 rings (SSSR count). The Morgan fingerprint density at radius 3 is 2.67 bits per heavy atom. The highest BCUT2D eigenvalue weighted by molar-refractivity contribution is 5.37. The molecule has 0 heterocycles. The van der Waals surface area contributed by atoms with E-state index in [-0.39, 0.29) is 5.82 Å². The monoisotopic (exact) mass is 203 g/mol. The lowest BCUT2D eigenvalue weighted by atomic mass is 10.0. The molecule has 1 nitrogen and oxygen atoms in total. The van der Waals surface area contributed by atoms with Crippen molar-refractivity contribution in [3.05, 3.63) is 35.1 Å². The van der Waals surface area contributed by atoms with E-state index < -0.39 is 0 Å². The molecule has 1 saturated carbocycles. The predicted octanol–water partition coefficient (Wildman–Crippen LogP) is 3.46. The third kappa shape index (κ3) is 2.02. The summed E-state index contributed by atoms with van der Waals surface area (Å²) in [6.07, 6.45) is 1.13. The van der Waals surface area contributed by atoms with Crippen LogP contribution in [0.4, 0.5) is 4.39 Å². The molecule has 0 aliphatic heterocycles. The quantitative estimate of drug-likeness (QED) is 0.722. The fourth-order valence-corrected chi connectivity index (χ4v) is 2.23. The van der Waals surface area contributed by atoms with Gasteiger partial charge in [0.05, 0.1) is 11.6 Å². The number of nitrogens with zero attached hydrogens (tertiary/aromatic N) is 1. The molecule has 0 bridgehead atoms. The zero-order valence-electron chi connectivity index (χ0n) is 9.00. The van der Waals surface area contributed by atoms with Crippen LogP contribution in [0.1, 0.15) is 37.3 Å². The molecule has 15 heavy (non-hydrogen) atoms. The van der Waals surface area contributed by atoms with Crippen LogP contribution in [0.25, 0.3) is 0 Å². The second kappa shape index (κ2) is 3.66. The fraction of sp³-hybridized carbons (Fsp3) is 0.462. The molecule has 1 aliphatic carbocycles. The Kier molecular flexibility index (Phi) is 2.48. The van der Waals surface area contributed by atoms with E-state index in [0.717, 1.165) is 12.0 Å². The Labute approximate surface area is 89.5 Å². The fourth-order valence-electron chi connectivity index (χ4n) is 2.23. The second-order valence-electron chi connectivity index (χ2n) is 4.64. The maximum absolute atomic E-state index is 13.2. The van der Waals surface area contributed by atoms with Gasteiger partial charge in [0.25, 0.3) is 0 Å². The molecule has 78 valence electrons. The highest BCUT2D eigenvalue weighted by Crippen LogP contribution is 2.51. The Hall–Kier alpha value is -1.36. The summed E-state index contributed by atoms with van der Waals surface area (Å²) < 4.78 is 13.2. The molecule has 0 saturated heterocycles. The smallest absolute Gasteiger partial charge is 0.124 e. The minimum Gasteiger partial charge on any atom is -0.207 e. The van der Waals surface area contributed by atoms with Gasteiger partial charge in [-0.25, -0.2) is 4.39 Å². The number of benzene rings is 1. The Balaban J connectivity index is 2.24. The van der Waals surface area contributed by atoms with Gasteiger partial charge in [-0.05, 0) is 47.9 Å². The third-order valence-electron chi connectivity index (χ3n) is 3.17.